The van der Waals surface area contributed by atoms with E-state index < -0.39 is 0 Å². The predicted octanol–water partition coefficient (Wildman–Crippen LogP) is 5.49. The van der Waals surface area contributed by atoms with Gasteiger partial charge < -0.3 is 14.5 Å². The van der Waals surface area contributed by atoms with Gasteiger partial charge in [0.25, 0.3) is 0 Å². The van der Waals surface area contributed by atoms with Crippen molar-refractivity contribution in [1.29, 1.82) is 0 Å². The molecule has 2 fully saturated rings. The molecule has 2 aromatic carbocycles. The standard InChI is InChI=1S/C29H35FN4O2/c1-19(2)22-8-9-26-24(18-22)20(3)31-29(32-26)34-14-10-21(11-15-34)28(35)33-16-12-23(13-17-33)36-27-7-5-4-6-25(27)30/h4-9,18-19,21,23H,10-17H2,1-3H3. The Kier molecular flexibility index (Phi) is 7.08. The molecule has 0 saturated carbocycles. The lowest BCUT2D eigenvalue weighted by Crippen LogP contribution is -2.47. The van der Waals surface area contributed by atoms with Crippen LogP contribution in [0.1, 0.15) is 56.7 Å². The Labute approximate surface area is 212 Å². The zero-order valence-electron chi connectivity index (χ0n) is 21.4. The van der Waals surface area contributed by atoms with Crippen LogP contribution in [-0.4, -0.2) is 53.1 Å². The summed E-state index contributed by atoms with van der Waals surface area (Å²) in [5.41, 5.74) is 3.26. The van der Waals surface area contributed by atoms with Crippen molar-refractivity contribution >= 4 is 22.8 Å². The zero-order valence-corrected chi connectivity index (χ0v) is 21.4. The molecular weight excluding hydrogens is 455 g/mol. The van der Waals surface area contributed by atoms with Gasteiger partial charge in [-0.3, -0.25) is 4.79 Å². The molecule has 2 saturated heterocycles. The number of piperidine rings is 2. The number of para-hydroxylation sites is 1. The first-order chi connectivity index (χ1) is 17.4. The van der Waals surface area contributed by atoms with Gasteiger partial charge in [-0.05, 0) is 55.5 Å². The lowest BCUT2D eigenvalue weighted by molar-refractivity contribution is -0.138. The van der Waals surface area contributed by atoms with Crippen molar-refractivity contribution in [3.8, 4) is 5.75 Å². The highest BCUT2D eigenvalue weighted by Crippen LogP contribution is 2.28. The molecule has 5 rings (SSSR count). The van der Waals surface area contributed by atoms with Crippen LogP contribution >= 0.6 is 0 Å². The highest BCUT2D eigenvalue weighted by atomic mass is 19.1. The summed E-state index contributed by atoms with van der Waals surface area (Å²) in [5.74, 6) is 1.44. The van der Waals surface area contributed by atoms with Crippen molar-refractivity contribution in [1.82, 2.24) is 14.9 Å². The monoisotopic (exact) mass is 490 g/mol. The van der Waals surface area contributed by atoms with Gasteiger partial charge in [0.05, 0.1) is 11.2 Å². The van der Waals surface area contributed by atoms with Crippen LogP contribution < -0.4 is 9.64 Å². The summed E-state index contributed by atoms with van der Waals surface area (Å²) in [6, 6.07) is 12.9. The summed E-state index contributed by atoms with van der Waals surface area (Å²) in [7, 11) is 0. The third-order valence-electron chi connectivity index (χ3n) is 7.58. The topological polar surface area (TPSA) is 58.6 Å². The molecule has 6 nitrogen and oxygen atoms in total. The number of fused-ring (bicyclic) bond motifs is 1. The first-order valence-electron chi connectivity index (χ1n) is 13.1. The maximum atomic E-state index is 13.9. The third-order valence-corrected chi connectivity index (χ3v) is 7.58. The van der Waals surface area contributed by atoms with Crippen molar-refractivity contribution in [3.63, 3.8) is 0 Å². The smallest absolute Gasteiger partial charge is 0.226 e. The van der Waals surface area contributed by atoms with Crippen LogP contribution in [0.25, 0.3) is 10.9 Å². The maximum Gasteiger partial charge on any atom is 0.226 e. The number of rotatable bonds is 5. The van der Waals surface area contributed by atoms with Crippen molar-refractivity contribution in [3.05, 3.63) is 59.5 Å². The molecule has 0 bridgehead atoms. The number of carbonyl (C=O) groups excluding carboxylic acids is 1. The van der Waals surface area contributed by atoms with Gasteiger partial charge in [-0.1, -0.05) is 32.0 Å². The van der Waals surface area contributed by atoms with Gasteiger partial charge in [0.2, 0.25) is 11.9 Å². The average Bonchev–Trinajstić information content (AvgIpc) is 2.90. The summed E-state index contributed by atoms with van der Waals surface area (Å²) in [5, 5.41) is 1.11. The quantitative estimate of drug-likeness (QED) is 0.474. The molecule has 2 aliphatic rings. The summed E-state index contributed by atoms with van der Waals surface area (Å²) in [6.45, 7) is 9.30. The number of benzene rings is 2. The molecule has 0 aliphatic carbocycles. The molecule has 0 atom stereocenters. The number of anilines is 1. The maximum absolute atomic E-state index is 13.9. The van der Waals surface area contributed by atoms with Crippen molar-refractivity contribution in [2.75, 3.05) is 31.1 Å². The number of ether oxygens (including phenoxy) is 1. The average molecular weight is 491 g/mol. The van der Waals surface area contributed by atoms with Crippen LogP contribution in [-0.2, 0) is 4.79 Å². The van der Waals surface area contributed by atoms with E-state index in [1.54, 1.807) is 18.2 Å². The molecule has 1 aromatic heterocycles. The van der Waals surface area contributed by atoms with E-state index in [1.807, 2.05) is 11.8 Å². The number of aryl methyl sites for hydroxylation is 1. The molecule has 1 amide bonds. The molecule has 0 spiro atoms. The van der Waals surface area contributed by atoms with E-state index >= 15 is 0 Å². The Bertz CT molecular complexity index is 1230. The van der Waals surface area contributed by atoms with Gasteiger partial charge in [-0.2, -0.15) is 0 Å². The van der Waals surface area contributed by atoms with E-state index in [1.165, 1.54) is 11.6 Å². The molecule has 3 aromatic rings. The number of hydrogen-bond acceptors (Lipinski definition) is 5. The summed E-state index contributed by atoms with van der Waals surface area (Å²) < 4.78 is 19.7. The Morgan fingerprint density at radius 2 is 1.72 bits per heavy atom. The van der Waals surface area contributed by atoms with E-state index in [0.29, 0.717) is 24.8 Å². The first kappa shape index (κ1) is 24.5. The molecule has 0 radical (unpaired) electrons. The van der Waals surface area contributed by atoms with Crippen LogP contribution in [0.3, 0.4) is 0 Å². The van der Waals surface area contributed by atoms with Gasteiger partial charge in [0.15, 0.2) is 11.6 Å². The number of nitrogens with zero attached hydrogens (tertiary/aromatic N) is 4. The minimum Gasteiger partial charge on any atom is -0.487 e. The fourth-order valence-electron chi connectivity index (χ4n) is 5.28. The number of likely N-dealkylation sites (tertiary alicyclic amines) is 1. The van der Waals surface area contributed by atoms with Crippen LogP contribution in [0, 0.1) is 18.7 Å². The molecule has 0 N–H and O–H groups in total. The Morgan fingerprint density at radius 1 is 1.00 bits per heavy atom. The van der Waals surface area contributed by atoms with Gasteiger partial charge in [0.1, 0.15) is 6.10 Å². The van der Waals surface area contributed by atoms with E-state index in [-0.39, 0.29) is 23.7 Å². The van der Waals surface area contributed by atoms with Gasteiger partial charge >= 0.3 is 0 Å². The molecular formula is C29H35FN4O2. The van der Waals surface area contributed by atoms with Gasteiger partial charge in [0, 0.05) is 50.3 Å². The van der Waals surface area contributed by atoms with Crippen molar-refractivity contribution < 1.29 is 13.9 Å². The van der Waals surface area contributed by atoms with Crippen LogP contribution in [0.15, 0.2) is 42.5 Å². The Morgan fingerprint density at radius 3 is 2.42 bits per heavy atom. The summed E-state index contributed by atoms with van der Waals surface area (Å²) in [6.07, 6.45) is 3.00. The summed E-state index contributed by atoms with van der Waals surface area (Å²) >= 11 is 0. The third kappa shape index (κ3) is 5.15. The minimum absolute atomic E-state index is 0.0282. The highest BCUT2D eigenvalue weighted by Gasteiger charge is 2.32. The van der Waals surface area contributed by atoms with Crippen molar-refractivity contribution in [2.24, 2.45) is 5.92 Å². The minimum atomic E-state index is -0.339. The number of aromatic nitrogens is 2. The number of carbonyl (C=O) groups is 1. The zero-order chi connectivity index (χ0) is 25.2. The molecule has 2 aliphatic heterocycles. The fourth-order valence-corrected chi connectivity index (χ4v) is 5.28. The number of halogens is 1. The van der Waals surface area contributed by atoms with Crippen LogP contribution in [0.2, 0.25) is 0 Å². The van der Waals surface area contributed by atoms with Gasteiger partial charge in [-0.15, -0.1) is 0 Å². The van der Waals surface area contributed by atoms with E-state index in [2.05, 4.69) is 36.9 Å². The second-order valence-electron chi connectivity index (χ2n) is 10.4. The lowest BCUT2D eigenvalue weighted by Gasteiger charge is -2.37. The lowest BCUT2D eigenvalue weighted by atomic mass is 9.94. The summed E-state index contributed by atoms with van der Waals surface area (Å²) in [4.78, 5) is 27.0. The SMILES string of the molecule is Cc1nc(N2CCC(C(=O)N3CCC(Oc4ccccc4F)CC3)CC2)nc2ccc(C(C)C)cc12. The number of amides is 1. The Hall–Kier alpha value is -3.22. The predicted molar refractivity (Wildman–Crippen MR) is 140 cm³/mol. The molecule has 190 valence electrons. The molecule has 7 heteroatoms. The fraction of sp³-hybridized carbons (Fsp3) is 0.483. The molecule has 3 heterocycles. The largest absolute Gasteiger partial charge is 0.487 e. The van der Waals surface area contributed by atoms with Gasteiger partial charge in [-0.25, -0.2) is 14.4 Å². The van der Waals surface area contributed by atoms with E-state index in [0.717, 1.165) is 61.3 Å². The highest BCUT2D eigenvalue weighted by molar-refractivity contribution is 5.83. The molecule has 36 heavy (non-hydrogen) atoms. The Balaban J connectivity index is 1.15. The second-order valence-corrected chi connectivity index (χ2v) is 10.4. The second kappa shape index (κ2) is 10.4. The van der Waals surface area contributed by atoms with Crippen LogP contribution in [0.4, 0.5) is 10.3 Å². The first-order valence-corrected chi connectivity index (χ1v) is 13.1. The normalized spacial score (nSPS) is 17.7. The molecule has 0 unspecified atom stereocenters. The van der Waals surface area contributed by atoms with Crippen LogP contribution in [0.5, 0.6) is 5.75 Å². The van der Waals surface area contributed by atoms with E-state index in [9.17, 15) is 9.18 Å². The van der Waals surface area contributed by atoms with Crippen molar-refractivity contribution in [2.45, 2.75) is 58.5 Å². The number of hydrogen-bond donors (Lipinski definition) is 0. The van der Waals surface area contributed by atoms with E-state index in [4.69, 9.17) is 14.7 Å².